The molecule has 102 valence electrons. The SMILES string of the molecule is FC(F)(F)C(F)(F)c1nc(Cl)c2ccc(Br)cc2n1. The van der Waals surface area contributed by atoms with Gasteiger partial charge in [-0.2, -0.15) is 22.0 Å². The molecule has 0 aliphatic rings. The molecular formula is C10H3BrClF5N2. The minimum Gasteiger partial charge on any atom is -0.227 e. The maximum absolute atomic E-state index is 13.2. The van der Waals surface area contributed by atoms with Gasteiger partial charge in [0.05, 0.1) is 5.52 Å². The molecule has 0 saturated carbocycles. The van der Waals surface area contributed by atoms with E-state index in [0.717, 1.165) is 0 Å². The van der Waals surface area contributed by atoms with Crippen molar-refractivity contribution in [1.29, 1.82) is 0 Å². The predicted molar refractivity (Wildman–Crippen MR) is 62.2 cm³/mol. The minimum atomic E-state index is -5.78. The molecule has 0 saturated heterocycles. The Morgan fingerprint density at radius 1 is 1.05 bits per heavy atom. The van der Waals surface area contributed by atoms with E-state index in [2.05, 4.69) is 25.9 Å². The second kappa shape index (κ2) is 4.52. The fourth-order valence-electron chi connectivity index (χ4n) is 1.33. The van der Waals surface area contributed by atoms with E-state index in [4.69, 9.17) is 11.6 Å². The van der Waals surface area contributed by atoms with E-state index in [9.17, 15) is 22.0 Å². The number of rotatable bonds is 1. The maximum Gasteiger partial charge on any atom is 0.461 e. The molecule has 1 heterocycles. The zero-order valence-corrected chi connectivity index (χ0v) is 11.1. The second-order valence-electron chi connectivity index (χ2n) is 3.57. The lowest BCUT2D eigenvalue weighted by Gasteiger charge is -2.18. The molecule has 0 bridgehead atoms. The Kier molecular flexibility index (Phi) is 3.42. The van der Waals surface area contributed by atoms with Gasteiger partial charge >= 0.3 is 12.1 Å². The fourth-order valence-corrected chi connectivity index (χ4v) is 1.92. The van der Waals surface area contributed by atoms with Crippen molar-refractivity contribution in [3.8, 4) is 0 Å². The summed E-state index contributed by atoms with van der Waals surface area (Å²) in [5.74, 6) is -6.83. The molecule has 0 radical (unpaired) electrons. The lowest BCUT2D eigenvalue weighted by atomic mass is 10.2. The molecule has 2 rings (SSSR count). The molecule has 0 aliphatic heterocycles. The Balaban J connectivity index is 2.70. The van der Waals surface area contributed by atoms with E-state index >= 15 is 0 Å². The average Bonchev–Trinajstić information content (AvgIpc) is 2.26. The number of aromatic nitrogens is 2. The van der Waals surface area contributed by atoms with Crippen molar-refractivity contribution in [3.63, 3.8) is 0 Å². The van der Waals surface area contributed by atoms with Crippen LogP contribution in [0.4, 0.5) is 22.0 Å². The van der Waals surface area contributed by atoms with Gasteiger partial charge in [0.25, 0.3) is 0 Å². The van der Waals surface area contributed by atoms with Gasteiger partial charge in [-0.15, -0.1) is 0 Å². The third kappa shape index (κ3) is 2.51. The Hall–Kier alpha value is -1.02. The minimum absolute atomic E-state index is 0.103. The zero-order valence-electron chi connectivity index (χ0n) is 8.77. The average molecular weight is 361 g/mol. The Morgan fingerprint density at radius 2 is 1.68 bits per heavy atom. The van der Waals surface area contributed by atoms with Gasteiger partial charge in [0, 0.05) is 9.86 Å². The molecule has 2 nitrogen and oxygen atoms in total. The monoisotopic (exact) mass is 360 g/mol. The van der Waals surface area contributed by atoms with E-state index in [-0.39, 0.29) is 10.9 Å². The summed E-state index contributed by atoms with van der Waals surface area (Å²) in [4.78, 5) is 6.28. The highest BCUT2D eigenvalue weighted by atomic mass is 79.9. The summed E-state index contributed by atoms with van der Waals surface area (Å²) in [6.45, 7) is 0. The highest BCUT2D eigenvalue weighted by Gasteiger charge is 2.61. The van der Waals surface area contributed by atoms with Crippen LogP contribution in [-0.4, -0.2) is 16.1 Å². The van der Waals surface area contributed by atoms with E-state index in [1.807, 2.05) is 0 Å². The van der Waals surface area contributed by atoms with E-state index < -0.39 is 23.1 Å². The van der Waals surface area contributed by atoms with Gasteiger partial charge in [0.2, 0.25) is 5.82 Å². The lowest BCUT2D eigenvalue weighted by molar-refractivity contribution is -0.292. The van der Waals surface area contributed by atoms with Crippen molar-refractivity contribution in [1.82, 2.24) is 9.97 Å². The smallest absolute Gasteiger partial charge is 0.227 e. The van der Waals surface area contributed by atoms with Gasteiger partial charge in [0.1, 0.15) is 5.15 Å². The molecular weight excluding hydrogens is 358 g/mol. The molecule has 9 heteroatoms. The number of hydrogen-bond donors (Lipinski definition) is 0. The third-order valence-corrected chi connectivity index (χ3v) is 3.03. The number of alkyl halides is 5. The lowest BCUT2D eigenvalue weighted by Crippen LogP contribution is -2.35. The van der Waals surface area contributed by atoms with Crippen LogP contribution < -0.4 is 0 Å². The molecule has 0 amide bonds. The van der Waals surface area contributed by atoms with Gasteiger partial charge in [0.15, 0.2) is 0 Å². The van der Waals surface area contributed by atoms with Crippen LogP contribution in [0.3, 0.4) is 0 Å². The van der Waals surface area contributed by atoms with Gasteiger partial charge < -0.3 is 0 Å². The summed E-state index contributed by atoms with van der Waals surface area (Å²) in [5, 5.41) is -0.275. The maximum atomic E-state index is 13.2. The quantitative estimate of drug-likeness (QED) is 0.543. The Morgan fingerprint density at radius 3 is 2.26 bits per heavy atom. The van der Waals surface area contributed by atoms with Gasteiger partial charge in [-0.3, -0.25) is 0 Å². The van der Waals surface area contributed by atoms with E-state index in [0.29, 0.717) is 4.47 Å². The molecule has 0 atom stereocenters. The van der Waals surface area contributed by atoms with Crippen molar-refractivity contribution >= 4 is 38.4 Å². The van der Waals surface area contributed by atoms with Crippen LogP contribution in [0.1, 0.15) is 5.82 Å². The largest absolute Gasteiger partial charge is 0.461 e. The Bertz CT molecular complexity index is 644. The molecule has 2 aromatic rings. The molecule has 0 unspecified atom stereocenters. The van der Waals surface area contributed by atoms with Crippen molar-refractivity contribution in [2.45, 2.75) is 12.1 Å². The normalized spacial score (nSPS) is 13.0. The molecule has 1 aromatic heterocycles. The Labute approximate surface area is 116 Å². The molecule has 19 heavy (non-hydrogen) atoms. The highest BCUT2D eigenvalue weighted by molar-refractivity contribution is 9.10. The molecule has 0 spiro atoms. The number of nitrogens with zero attached hydrogens (tertiary/aromatic N) is 2. The van der Waals surface area contributed by atoms with Crippen LogP contribution in [0.15, 0.2) is 22.7 Å². The first kappa shape index (κ1) is 14.4. The second-order valence-corrected chi connectivity index (χ2v) is 4.85. The molecule has 0 N–H and O–H groups in total. The molecule has 1 aromatic carbocycles. The predicted octanol–water partition coefficient (Wildman–Crippen LogP) is 4.70. The number of fused-ring (bicyclic) bond motifs is 1. The summed E-state index contributed by atoms with van der Waals surface area (Å²) < 4.78 is 63.5. The van der Waals surface area contributed by atoms with Crippen LogP contribution in [-0.2, 0) is 5.92 Å². The third-order valence-electron chi connectivity index (χ3n) is 2.25. The topological polar surface area (TPSA) is 25.8 Å². The van der Waals surface area contributed by atoms with Crippen molar-refractivity contribution in [2.24, 2.45) is 0 Å². The summed E-state index contributed by atoms with van der Waals surface area (Å²) in [6.07, 6.45) is -5.78. The van der Waals surface area contributed by atoms with Crippen LogP contribution in [0.2, 0.25) is 5.15 Å². The van der Waals surface area contributed by atoms with Gasteiger partial charge in [-0.1, -0.05) is 27.5 Å². The van der Waals surface area contributed by atoms with Gasteiger partial charge in [-0.05, 0) is 18.2 Å². The van der Waals surface area contributed by atoms with Gasteiger partial charge in [-0.25, -0.2) is 9.97 Å². The molecule has 0 fully saturated rings. The van der Waals surface area contributed by atoms with Crippen LogP contribution in [0.5, 0.6) is 0 Å². The summed E-state index contributed by atoms with van der Waals surface area (Å²) >= 11 is 8.66. The summed E-state index contributed by atoms with van der Waals surface area (Å²) in [6, 6.07) is 4.23. The first-order valence-corrected chi connectivity index (χ1v) is 5.88. The number of halogens is 7. The van der Waals surface area contributed by atoms with Crippen LogP contribution in [0, 0.1) is 0 Å². The number of benzene rings is 1. The highest BCUT2D eigenvalue weighted by Crippen LogP contribution is 2.43. The van der Waals surface area contributed by atoms with Crippen LogP contribution in [0.25, 0.3) is 10.9 Å². The fraction of sp³-hybridized carbons (Fsp3) is 0.200. The van der Waals surface area contributed by atoms with E-state index in [1.54, 1.807) is 6.07 Å². The standard InChI is InChI=1S/C10H3BrClF5N2/c11-4-1-2-5-6(3-4)18-8(19-7(5)12)9(13,14)10(15,16)17/h1-3H. The summed E-state index contributed by atoms with van der Waals surface area (Å²) in [5.41, 5.74) is -0.103. The zero-order chi connectivity index (χ0) is 14.4. The first-order valence-electron chi connectivity index (χ1n) is 4.71. The van der Waals surface area contributed by atoms with Crippen molar-refractivity contribution < 1.29 is 22.0 Å². The first-order chi connectivity index (χ1) is 8.63. The van der Waals surface area contributed by atoms with Crippen molar-refractivity contribution in [2.75, 3.05) is 0 Å². The molecule has 0 aliphatic carbocycles. The van der Waals surface area contributed by atoms with Crippen molar-refractivity contribution in [3.05, 3.63) is 33.6 Å². The summed E-state index contributed by atoms with van der Waals surface area (Å²) in [7, 11) is 0. The number of hydrogen-bond acceptors (Lipinski definition) is 2. The van der Waals surface area contributed by atoms with Crippen LogP contribution >= 0.6 is 27.5 Å². The van der Waals surface area contributed by atoms with E-state index in [1.165, 1.54) is 12.1 Å².